The number of halogens is 1. The lowest BCUT2D eigenvalue weighted by atomic mass is 10.1. The lowest BCUT2D eigenvalue weighted by molar-refractivity contribution is -0.117. The molecule has 31 heavy (non-hydrogen) atoms. The molecule has 3 rings (SSSR count). The second kappa shape index (κ2) is 11.1. The van der Waals surface area contributed by atoms with E-state index in [1.165, 1.54) is 23.5 Å². The molecule has 164 valence electrons. The van der Waals surface area contributed by atoms with E-state index in [4.69, 9.17) is 11.6 Å². The first-order chi connectivity index (χ1) is 14.9. The van der Waals surface area contributed by atoms with Crippen LogP contribution in [0.15, 0.2) is 65.7 Å². The predicted octanol–water partition coefficient (Wildman–Crippen LogP) is 4.43. The fraction of sp³-hybridized carbons (Fsp3) is 0.238. The largest absolute Gasteiger partial charge is 0.301 e. The number of nitrogens with zero attached hydrogens (tertiary/aromatic N) is 1. The SMILES string of the molecule is CSCCC(NS(=O)(=O)c1ccccc1)C(=O)Nc1ncc(Cc2ccccc2Cl)s1. The molecule has 3 aromatic rings. The fourth-order valence-electron chi connectivity index (χ4n) is 2.80. The first kappa shape index (κ1) is 23.7. The molecule has 0 aliphatic heterocycles. The molecular weight excluding hydrogens is 474 g/mol. The van der Waals surface area contributed by atoms with Gasteiger partial charge in [-0.15, -0.1) is 11.3 Å². The average Bonchev–Trinajstić information content (AvgIpc) is 3.20. The summed E-state index contributed by atoms with van der Waals surface area (Å²) in [7, 11) is -3.82. The van der Waals surface area contributed by atoms with Gasteiger partial charge >= 0.3 is 0 Å². The number of carbonyl (C=O) groups excluding carboxylic acids is 1. The quantitative estimate of drug-likeness (QED) is 0.434. The Labute approximate surface area is 195 Å². The summed E-state index contributed by atoms with van der Waals surface area (Å²) in [6.07, 6.45) is 4.55. The van der Waals surface area contributed by atoms with Gasteiger partial charge in [-0.1, -0.05) is 48.0 Å². The van der Waals surface area contributed by atoms with Gasteiger partial charge in [-0.2, -0.15) is 16.5 Å². The lowest BCUT2D eigenvalue weighted by Gasteiger charge is -2.17. The standard InChI is InChI=1S/C21H22ClN3O3S3/c1-29-12-11-19(25-31(27,28)17-8-3-2-4-9-17)20(26)24-21-23-14-16(30-21)13-15-7-5-6-10-18(15)22/h2-10,14,19,25H,11-13H2,1H3,(H,23,24,26). The van der Waals surface area contributed by atoms with Gasteiger partial charge in [-0.05, 0) is 42.2 Å². The van der Waals surface area contributed by atoms with Crippen LogP contribution in [0.25, 0.3) is 0 Å². The van der Waals surface area contributed by atoms with Gasteiger partial charge in [0.2, 0.25) is 15.9 Å². The van der Waals surface area contributed by atoms with Crippen molar-refractivity contribution in [2.45, 2.75) is 23.8 Å². The van der Waals surface area contributed by atoms with E-state index >= 15 is 0 Å². The van der Waals surface area contributed by atoms with E-state index in [2.05, 4.69) is 15.0 Å². The van der Waals surface area contributed by atoms with Crippen LogP contribution in [0.1, 0.15) is 16.9 Å². The normalized spacial score (nSPS) is 12.5. The molecule has 2 N–H and O–H groups in total. The molecule has 1 aromatic heterocycles. The number of sulfonamides is 1. The Hall–Kier alpha value is -1.91. The predicted molar refractivity (Wildman–Crippen MR) is 129 cm³/mol. The molecule has 6 nitrogen and oxygen atoms in total. The molecule has 0 aliphatic carbocycles. The van der Waals surface area contributed by atoms with Gasteiger partial charge in [0.15, 0.2) is 5.13 Å². The van der Waals surface area contributed by atoms with Crippen molar-refractivity contribution >= 4 is 55.8 Å². The molecule has 0 fully saturated rings. The lowest BCUT2D eigenvalue weighted by Crippen LogP contribution is -2.44. The highest BCUT2D eigenvalue weighted by Gasteiger charge is 2.26. The molecule has 0 radical (unpaired) electrons. The maximum Gasteiger partial charge on any atom is 0.244 e. The van der Waals surface area contributed by atoms with Crippen LogP contribution in [0, 0.1) is 0 Å². The summed E-state index contributed by atoms with van der Waals surface area (Å²) in [5.74, 6) is 0.192. The third-order valence-corrected chi connectivity index (χ3v) is 7.80. The average molecular weight is 496 g/mol. The Morgan fingerprint density at radius 2 is 1.87 bits per heavy atom. The minimum Gasteiger partial charge on any atom is -0.301 e. The van der Waals surface area contributed by atoms with Crippen LogP contribution in [-0.2, 0) is 21.2 Å². The third-order valence-electron chi connectivity index (χ3n) is 4.38. The molecule has 2 aromatic carbocycles. The Bertz CT molecular complexity index is 1120. The summed E-state index contributed by atoms with van der Waals surface area (Å²) in [4.78, 5) is 18.2. The molecular formula is C21H22ClN3O3S3. The monoisotopic (exact) mass is 495 g/mol. The second-order valence-corrected chi connectivity index (χ2v) is 10.9. The molecule has 1 amide bonds. The number of rotatable bonds is 10. The van der Waals surface area contributed by atoms with Crippen LogP contribution in [0.2, 0.25) is 5.02 Å². The minimum atomic E-state index is -3.82. The number of amides is 1. The molecule has 0 saturated heterocycles. The highest BCUT2D eigenvalue weighted by atomic mass is 35.5. The number of thioether (sulfide) groups is 1. The molecule has 1 unspecified atom stereocenters. The van der Waals surface area contributed by atoms with Crippen molar-refractivity contribution in [3.05, 3.63) is 76.3 Å². The maximum atomic E-state index is 12.8. The van der Waals surface area contributed by atoms with Gasteiger partial charge in [0.1, 0.15) is 6.04 Å². The number of thiazole rings is 1. The van der Waals surface area contributed by atoms with Crippen LogP contribution < -0.4 is 10.0 Å². The molecule has 0 bridgehead atoms. The summed E-state index contributed by atoms with van der Waals surface area (Å²) in [5.41, 5.74) is 0.971. The summed E-state index contributed by atoms with van der Waals surface area (Å²) >= 11 is 9.09. The highest BCUT2D eigenvalue weighted by molar-refractivity contribution is 7.98. The summed E-state index contributed by atoms with van der Waals surface area (Å²) in [6, 6.07) is 14.7. The van der Waals surface area contributed by atoms with Crippen molar-refractivity contribution in [3.63, 3.8) is 0 Å². The minimum absolute atomic E-state index is 0.119. The van der Waals surface area contributed by atoms with Crippen molar-refractivity contribution in [1.29, 1.82) is 0 Å². The number of carbonyl (C=O) groups is 1. The molecule has 0 spiro atoms. The van der Waals surface area contributed by atoms with Crippen molar-refractivity contribution in [3.8, 4) is 0 Å². The summed E-state index contributed by atoms with van der Waals surface area (Å²) in [6.45, 7) is 0. The van der Waals surface area contributed by atoms with Crippen LogP contribution >= 0.6 is 34.7 Å². The number of aromatic nitrogens is 1. The number of benzene rings is 2. The molecule has 10 heteroatoms. The zero-order chi connectivity index (χ0) is 22.3. The van der Waals surface area contributed by atoms with Crippen LogP contribution in [0.3, 0.4) is 0 Å². The number of hydrogen-bond acceptors (Lipinski definition) is 6. The molecule has 0 saturated carbocycles. The zero-order valence-corrected chi connectivity index (χ0v) is 20.0. The van der Waals surface area contributed by atoms with Gasteiger partial charge in [0.25, 0.3) is 0 Å². The topological polar surface area (TPSA) is 88.2 Å². The summed E-state index contributed by atoms with van der Waals surface area (Å²) < 4.78 is 27.9. The Morgan fingerprint density at radius 3 is 2.58 bits per heavy atom. The van der Waals surface area contributed by atoms with Gasteiger partial charge in [0.05, 0.1) is 4.90 Å². The highest BCUT2D eigenvalue weighted by Crippen LogP contribution is 2.25. The van der Waals surface area contributed by atoms with E-state index in [1.807, 2.05) is 30.5 Å². The van der Waals surface area contributed by atoms with E-state index in [0.29, 0.717) is 28.7 Å². The first-order valence-electron chi connectivity index (χ1n) is 9.44. The van der Waals surface area contributed by atoms with Crippen LogP contribution in [0.4, 0.5) is 5.13 Å². The van der Waals surface area contributed by atoms with Crippen molar-refractivity contribution in [1.82, 2.24) is 9.71 Å². The molecule has 1 atom stereocenters. The number of hydrogen-bond donors (Lipinski definition) is 2. The molecule has 0 aliphatic rings. The molecule has 1 heterocycles. The first-order valence-corrected chi connectivity index (χ1v) is 13.5. The van der Waals surface area contributed by atoms with Gasteiger partial charge in [-0.25, -0.2) is 13.4 Å². The van der Waals surface area contributed by atoms with Crippen LogP contribution in [0.5, 0.6) is 0 Å². The van der Waals surface area contributed by atoms with Crippen molar-refractivity contribution in [2.24, 2.45) is 0 Å². The van der Waals surface area contributed by atoms with Gasteiger partial charge in [-0.3, -0.25) is 4.79 Å². The van der Waals surface area contributed by atoms with Gasteiger partial charge < -0.3 is 5.32 Å². The van der Waals surface area contributed by atoms with Crippen molar-refractivity contribution in [2.75, 3.05) is 17.3 Å². The Kier molecular flexibility index (Phi) is 8.50. The van der Waals surface area contributed by atoms with E-state index in [1.54, 1.807) is 36.2 Å². The number of anilines is 1. The Morgan fingerprint density at radius 1 is 1.16 bits per heavy atom. The fourth-order valence-corrected chi connectivity index (χ4v) is 5.57. The van der Waals surface area contributed by atoms with Crippen LogP contribution in [-0.4, -0.2) is 37.4 Å². The van der Waals surface area contributed by atoms with E-state index < -0.39 is 22.0 Å². The maximum absolute atomic E-state index is 12.8. The smallest absolute Gasteiger partial charge is 0.244 e. The van der Waals surface area contributed by atoms with E-state index in [0.717, 1.165) is 10.4 Å². The zero-order valence-electron chi connectivity index (χ0n) is 16.7. The Balaban J connectivity index is 1.69. The van der Waals surface area contributed by atoms with Gasteiger partial charge in [0, 0.05) is 22.5 Å². The number of nitrogens with one attached hydrogen (secondary N) is 2. The second-order valence-electron chi connectivity index (χ2n) is 6.66. The van der Waals surface area contributed by atoms with E-state index in [9.17, 15) is 13.2 Å². The summed E-state index contributed by atoms with van der Waals surface area (Å²) in [5, 5.41) is 3.84. The van der Waals surface area contributed by atoms with Crippen molar-refractivity contribution < 1.29 is 13.2 Å². The van der Waals surface area contributed by atoms with E-state index in [-0.39, 0.29) is 4.90 Å². The third kappa shape index (κ3) is 6.78.